The summed E-state index contributed by atoms with van der Waals surface area (Å²) in [5, 5.41) is 23.1. The maximum Gasteiger partial charge on any atom is 0.320 e. The Labute approximate surface area is 151 Å². The number of non-ortho nitro benzene ring substituents is 1. The molecule has 0 spiro atoms. The molecule has 140 valence electrons. The lowest BCUT2D eigenvalue weighted by molar-refractivity contribution is -0.384. The van der Waals surface area contributed by atoms with Gasteiger partial charge in [-0.1, -0.05) is 12.8 Å². The van der Waals surface area contributed by atoms with E-state index in [1.54, 1.807) is 6.92 Å². The monoisotopic (exact) mass is 361 g/mol. The van der Waals surface area contributed by atoms with Crippen LogP contribution in [-0.2, 0) is 9.59 Å². The number of hydrogen-bond donors (Lipinski definition) is 2. The molecule has 1 aliphatic heterocycles. The Kier molecular flexibility index (Phi) is 5.22. The van der Waals surface area contributed by atoms with Crippen LogP contribution in [0.15, 0.2) is 18.2 Å². The SMILES string of the molecule is Cc1cc([N+](=O)[O-])ccc1NC(=O)CN1C(C(=O)O)CC2CCCCC21. The first kappa shape index (κ1) is 18.3. The number of nitrogens with zero attached hydrogens (tertiary/aromatic N) is 2. The van der Waals surface area contributed by atoms with E-state index in [1.807, 2.05) is 4.90 Å². The van der Waals surface area contributed by atoms with Crippen molar-refractivity contribution in [2.75, 3.05) is 11.9 Å². The van der Waals surface area contributed by atoms with Gasteiger partial charge in [-0.05, 0) is 43.7 Å². The molecular formula is C18H23N3O5. The Balaban J connectivity index is 1.70. The number of amides is 1. The minimum absolute atomic E-state index is 0.0224. The summed E-state index contributed by atoms with van der Waals surface area (Å²) >= 11 is 0. The summed E-state index contributed by atoms with van der Waals surface area (Å²) in [6, 6.07) is 3.78. The van der Waals surface area contributed by atoms with Gasteiger partial charge in [-0.3, -0.25) is 24.6 Å². The van der Waals surface area contributed by atoms with Gasteiger partial charge in [0.2, 0.25) is 5.91 Å². The minimum Gasteiger partial charge on any atom is -0.480 e. The summed E-state index contributed by atoms with van der Waals surface area (Å²) < 4.78 is 0. The number of anilines is 1. The third-order valence-corrected chi connectivity index (χ3v) is 5.53. The van der Waals surface area contributed by atoms with Gasteiger partial charge in [-0.15, -0.1) is 0 Å². The summed E-state index contributed by atoms with van der Waals surface area (Å²) in [6.07, 6.45) is 4.73. The molecule has 8 heteroatoms. The van der Waals surface area contributed by atoms with E-state index in [4.69, 9.17) is 0 Å². The van der Waals surface area contributed by atoms with Gasteiger partial charge in [0, 0.05) is 23.9 Å². The normalized spacial score (nSPS) is 25.5. The second kappa shape index (κ2) is 7.41. The smallest absolute Gasteiger partial charge is 0.320 e. The van der Waals surface area contributed by atoms with Gasteiger partial charge in [0.05, 0.1) is 11.5 Å². The van der Waals surface area contributed by atoms with Crippen molar-refractivity contribution in [1.29, 1.82) is 0 Å². The fraction of sp³-hybridized carbons (Fsp3) is 0.556. The number of likely N-dealkylation sites (tertiary alicyclic amines) is 1. The van der Waals surface area contributed by atoms with Crippen LogP contribution in [0.1, 0.15) is 37.7 Å². The van der Waals surface area contributed by atoms with Crippen LogP contribution in [-0.4, -0.2) is 45.4 Å². The number of aliphatic carboxylic acids is 1. The molecule has 1 aromatic rings. The van der Waals surface area contributed by atoms with Crippen molar-refractivity contribution in [1.82, 2.24) is 4.90 Å². The van der Waals surface area contributed by atoms with Crippen LogP contribution in [0.4, 0.5) is 11.4 Å². The van der Waals surface area contributed by atoms with Gasteiger partial charge in [0.1, 0.15) is 6.04 Å². The van der Waals surface area contributed by atoms with E-state index in [0.29, 0.717) is 23.6 Å². The number of nitro benzene ring substituents is 1. The molecule has 0 radical (unpaired) electrons. The van der Waals surface area contributed by atoms with Gasteiger partial charge in [0.15, 0.2) is 0 Å². The highest BCUT2D eigenvalue weighted by atomic mass is 16.6. The van der Waals surface area contributed by atoms with Crippen LogP contribution in [0.5, 0.6) is 0 Å². The molecule has 1 amide bonds. The van der Waals surface area contributed by atoms with E-state index >= 15 is 0 Å². The van der Waals surface area contributed by atoms with Crippen LogP contribution in [0, 0.1) is 23.0 Å². The van der Waals surface area contributed by atoms with Gasteiger partial charge in [-0.25, -0.2) is 0 Å². The average Bonchev–Trinajstić information content (AvgIpc) is 2.95. The summed E-state index contributed by atoms with van der Waals surface area (Å²) in [7, 11) is 0. The van der Waals surface area contributed by atoms with E-state index in [0.717, 1.165) is 25.7 Å². The van der Waals surface area contributed by atoms with Crippen molar-refractivity contribution in [2.45, 2.75) is 51.1 Å². The van der Waals surface area contributed by atoms with E-state index in [2.05, 4.69) is 5.32 Å². The maximum absolute atomic E-state index is 12.5. The number of carbonyl (C=O) groups is 2. The van der Waals surface area contributed by atoms with E-state index in [9.17, 15) is 24.8 Å². The van der Waals surface area contributed by atoms with Gasteiger partial charge >= 0.3 is 5.97 Å². The molecule has 0 aromatic heterocycles. The second-order valence-electron chi connectivity index (χ2n) is 7.18. The van der Waals surface area contributed by atoms with E-state index in [-0.39, 0.29) is 24.2 Å². The Morgan fingerprint density at radius 2 is 2.08 bits per heavy atom. The number of rotatable bonds is 5. The Morgan fingerprint density at radius 3 is 2.73 bits per heavy atom. The molecule has 2 aliphatic rings. The van der Waals surface area contributed by atoms with E-state index in [1.165, 1.54) is 18.2 Å². The molecule has 1 heterocycles. The number of carboxylic acids is 1. The molecule has 8 nitrogen and oxygen atoms in total. The number of aryl methyl sites for hydroxylation is 1. The van der Waals surface area contributed by atoms with Crippen molar-refractivity contribution >= 4 is 23.3 Å². The molecule has 1 aliphatic carbocycles. The number of carboxylic acid groups (broad SMARTS) is 1. The van der Waals surface area contributed by atoms with Gasteiger partial charge in [0.25, 0.3) is 5.69 Å². The Hall–Kier alpha value is -2.48. The number of benzene rings is 1. The average molecular weight is 361 g/mol. The largest absolute Gasteiger partial charge is 0.480 e. The predicted molar refractivity (Wildman–Crippen MR) is 95.0 cm³/mol. The minimum atomic E-state index is -0.876. The van der Waals surface area contributed by atoms with Crippen molar-refractivity contribution in [2.24, 2.45) is 5.92 Å². The van der Waals surface area contributed by atoms with Crippen LogP contribution in [0.2, 0.25) is 0 Å². The fourth-order valence-electron chi connectivity index (χ4n) is 4.28. The summed E-state index contributed by atoms with van der Waals surface area (Å²) in [4.78, 5) is 36.3. The van der Waals surface area contributed by atoms with E-state index < -0.39 is 16.9 Å². The molecule has 3 atom stereocenters. The highest BCUT2D eigenvalue weighted by molar-refractivity contribution is 5.93. The Morgan fingerprint density at radius 1 is 1.35 bits per heavy atom. The standard InChI is InChI=1S/C18H23N3O5/c1-11-8-13(21(25)26)6-7-14(11)19-17(22)10-20-15-5-3-2-4-12(15)9-16(20)18(23)24/h6-8,12,15-16H,2-5,9-10H2,1H3,(H,19,22)(H,23,24). The van der Waals surface area contributed by atoms with Gasteiger partial charge in [-0.2, -0.15) is 0 Å². The molecular weight excluding hydrogens is 338 g/mol. The number of fused-ring (bicyclic) bond motifs is 1. The number of hydrogen-bond acceptors (Lipinski definition) is 5. The fourth-order valence-corrected chi connectivity index (χ4v) is 4.28. The first-order valence-corrected chi connectivity index (χ1v) is 8.90. The first-order valence-electron chi connectivity index (χ1n) is 8.90. The van der Waals surface area contributed by atoms with Crippen molar-refractivity contribution in [3.8, 4) is 0 Å². The Bertz CT molecular complexity index is 736. The zero-order chi connectivity index (χ0) is 18.8. The van der Waals surface area contributed by atoms with Crippen LogP contribution < -0.4 is 5.32 Å². The van der Waals surface area contributed by atoms with Crippen molar-refractivity contribution in [3.63, 3.8) is 0 Å². The van der Waals surface area contributed by atoms with Crippen LogP contribution >= 0.6 is 0 Å². The summed E-state index contributed by atoms with van der Waals surface area (Å²) in [5.74, 6) is -0.822. The molecule has 0 bridgehead atoms. The summed E-state index contributed by atoms with van der Waals surface area (Å²) in [5.41, 5.74) is 1.07. The molecule has 3 rings (SSSR count). The zero-order valence-corrected chi connectivity index (χ0v) is 14.7. The lowest BCUT2D eigenvalue weighted by Gasteiger charge is -2.32. The number of nitrogens with one attached hydrogen (secondary N) is 1. The second-order valence-corrected chi connectivity index (χ2v) is 7.18. The third kappa shape index (κ3) is 3.70. The predicted octanol–water partition coefficient (Wildman–Crippen LogP) is 2.56. The summed E-state index contributed by atoms with van der Waals surface area (Å²) in [6.45, 7) is 1.71. The molecule has 2 N–H and O–H groups in total. The van der Waals surface area contributed by atoms with Crippen molar-refractivity contribution in [3.05, 3.63) is 33.9 Å². The molecule has 1 saturated carbocycles. The molecule has 3 unspecified atom stereocenters. The quantitative estimate of drug-likeness (QED) is 0.615. The molecule has 1 aromatic carbocycles. The maximum atomic E-state index is 12.5. The van der Waals surface area contributed by atoms with Crippen molar-refractivity contribution < 1.29 is 19.6 Å². The third-order valence-electron chi connectivity index (χ3n) is 5.53. The van der Waals surface area contributed by atoms with Gasteiger partial charge < -0.3 is 10.4 Å². The first-order chi connectivity index (χ1) is 12.4. The highest BCUT2D eigenvalue weighted by Gasteiger charge is 2.45. The molecule has 26 heavy (non-hydrogen) atoms. The molecule has 1 saturated heterocycles. The lowest BCUT2D eigenvalue weighted by atomic mass is 9.85. The number of nitro groups is 1. The zero-order valence-electron chi connectivity index (χ0n) is 14.7. The van der Waals surface area contributed by atoms with Crippen LogP contribution in [0.3, 0.4) is 0 Å². The molecule has 2 fully saturated rings. The lowest BCUT2D eigenvalue weighted by Crippen LogP contribution is -2.46. The topological polar surface area (TPSA) is 113 Å². The highest BCUT2D eigenvalue weighted by Crippen LogP contribution is 2.39. The van der Waals surface area contributed by atoms with Crippen LogP contribution in [0.25, 0.3) is 0 Å². The number of carbonyl (C=O) groups excluding carboxylic acids is 1.